The smallest absolute Gasteiger partial charge is 0.397 e. The van der Waals surface area contributed by atoms with Crippen molar-refractivity contribution >= 4 is 16.4 Å². The van der Waals surface area contributed by atoms with Crippen LogP contribution < -0.4 is 0 Å². The van der Waals surface area contributed by atoms with E-state index in [0.717, 1.165) is 37.7 Å². The Morgan fingerprint density at radius 1 is 1.19 bits per heavy atom. The van der Waals surface area contributed by atoms with Crippen molar-refractivity contribution in [3.8, 4) is 0 Å². The number of aliphatic carboxylic acids is 1. The molecule has 0 aromatic heterocycles. The van der Waals surface area contributed by atoms with E-state index >= 15 is 0 Å². The Morgan fingerprint density at radius 2 is 1.91 bits per heavy atom. The van der Waals surface area contributed by atoms with Crippen LogP contribution in [0.4, 0.5) is 0 Å². The number of fused-ring (bicyclic) bond motifs is 5. The average molecular weight is 471 g/mol. The maximum absolute atomic E-state index is 11.3. The molecule has 0 spiro atoms. The highest BCUT2D eigenvalue weighted by molar-refractivity contribution is 7.80. The Morgan fingerprint density at radius 3 is 2.56 bits per heavy atom. The SMILES string of the molecule is C[C@H](CCC(=O)O)[C@H]1CC[C@H]2[C@@H]3[C@@H](O)C=C4C[C@@H](OS(=O)(=O)O)CC[C@]4(C)[C@H]3CC[C@]12C. The summed E-state index contributed by atoms with van der Waals surface area (Å²) in [4.78, 5) is 11.1. The summed E-state index contributed by atoms with van der Waals surface area (Å²) in [7, 11) is -4.49. The maximum Gasteiger partial charge on any atom is 0.397 e. The lowest BCUT2D eigenvalue weighted by Gasteiger charge is -2.59. The lowest BCUT2D eigenvalue weighted by molar-refractivity contribution is -0.137. The molecule has 0 heterocycles. The quantitative estimate of drug-likeness (QED) is 0.392. The van der Waals surface area contributed by atoms with Crippen LogP contribution in [0, 0.1) is 40.4 Å². The fraction of sp³-hybridized carbons (Fsp3) is 0.875. The van der Waals surface area contributed by atoms with Gasteiger partial charge in [-0.15, -0.1) is 0 Å². The Balaban J connectivity index is 1.56. The first-order valence-corrected chi connectivity index (χ1v) is 13.5. The zero-order valence-electron chi connectivity index (χ0n) is 19.4. The molecule has 3 saturated carbocycles. The molecule has 3 N–H and O–H groups in total. The van der Waals surface area contributed by atoms with Gasteiger partial charge in [0.05, 0.1) is 12.2 Å². The molecule has 7 nitrogen and oxygen atoms in total. The summed E-state index contributed by atoms with van der Waals surface area (Å²) in [6.45, 7) is 6.82. The number of aliphatic hydroxyl groups excluding tert-OH is 1. The van der Waals surface area contributed by atoms with E-state index in [1.807, 2.05) is 6.08 Å². The molecule has 8 heteroatoms. The highest BCUT2D eigenvalue weighted by Crippen LogP contribution is 2.67. The summed E-state index contributed by atoms with van der Waals surface area (Å²) in [5.74, 6) is 1.04. The van der Waals surface area contributed by atoms with Crippen molar-refractivity contribution in [2.45, 2.75) is 90.8 Å². The molecule has 0 radical (unpaired) electrons. The summed E-state index contributed by atoms with van der Waals surface area (Å²) < 4.78 is 36.3. The van der Waals surface area contributed by atoms with E-state index < -0.39 is 28.6 Å². The molecule has 4 aliphatic carbocycles. The number of rotatable bonds is 6. The minimum atomic E-state index is -4.49. The van der Waals surface area contributed by atoms with Crippen molar-refractivity contribution in [1.82, 2.24) is 0 Å². The first-order valence-electron chi connectivity index (χ1n) is 12.1. The van der Waals surface area contributed by atoms with Crippen molar-refractivity contribution in [3.63, 3.8) is 0 Å². The Labute approximate surface area is 191 Å². The molecule has 0 saturated heterocycles. The van der Waals surface area contributed by atoms with Gasteiger partial charge in [-0.05, 0) is 91.8 Å². The van der Waals surface area contributed by atoms with Gasteiger partial charge in [0.2, 0.25) is 0 Å². The first-order chi connectivity index (χ1) is 14.8. The van der Waals surface area contributed by atoms with E-state index in [-0.39, 0.29) is 23.2 Å². The fourth-order valence-electron chi connectivity index (χ4n) is 8.40. The molecule has 0 amide bonds. The standard InChI is InChI=1S/C24H38O7S/c1-14(4-7-21(26)27)17-5-6-18-22-19(9-11-24(17,18)3)23(2)10-8-16(31-32(28,29)30)12-15(23)13-20(22)25/h13-14,16-20,22,25H,4-12H2,1-3H3,(H,26,27)(H,28,29,30)/t14-,16+,17-,18+,19+,20+,22+,23+,24-/m1/s1. The van der Waals surface area contributed by atoms with Gasteiger partial charge >= 0.3 is 16.4 Å². The van der Waals surface area contributed by atoms with Crippen LogP contribution in [0.2, 0.25) is 0 Å². The van der Waals surface area contributed by atoms with Gasteiger partial charge < -0.3 is 10.2 Å². The molecular weight excluding hydrogens is 432 g/mol. The number of aliphatic hydroxyl groups is 1. The lowest BCUT2D eigenvalue weighted by Crippen LogP contribution is -2.55. The number of carboxylic acid groups (broad SMARTS) is 1. The van der Waals surface area contributed by atoms with Crippen molar-refractivity contribution in [2.24, 2.45) is 40.4 Å². The molecule has 0 aromatic carbocycles. The van der Waals surface area contributed by atoms with Crippen molar-refractivity contribution in [2.75, 3.05) is 0 Å². The van der Waals surface area contributed by atoms with E-state index in [1.54, 1.807) is 0 Å². The third kappa shape index (κ3) is 4.17. The fourth-order valence-corrected chi connectivity index (χ4v) is 8.91. The average Bonchev–Trinajstić information content (AvgIpc) is 3.03. The molecule has 0 unspecified atom stereocenters. The molecule has 0 aromatic rings. The third-order valence-electron chi connectivity index (χ3n) is 9.92. The molecule has 182 valence electrons. The number of hydrogen-bond donors (Lipinski definition) is 3. The van der Waals surface area contributed by atoms with Crippen molar-refractivity contribution in [1.29, 1.82) is 0 Å². The highest BCUT2D eigenvalue weighted by Gasteiger charge is 2.61. The highest BCUT2D eigenvalue weighted by atomic mass is 32.3. The van der Waals surface area contributed by atoms with Crippen LogP contribution in [-0.4, -0.2) is 41.4 Å². The van der Waals surface area contributed by atoms with Crippen LogP contribution in [0.3, 0.4) is 0 Å². The van der Waals surface area contributed by atoms with Crippen LogP contribution in [0.25, 0.3) is 0 Å². The van der Waals surface area contributed by atoms with E-state index in [2.05, 4.69) is 20.8 Å². The molecule has 3 fully saturated rings. The van der Waals surface area contributed by atoms with Crippen LogP contribution >= 0.6 is 0 Å². The number of hydrogen-bond acceptors (Lipinski definition) is 5. The second-order valence-corrected chi connectivity index (χ2v) is 12.5. The third-order valence-corrected chi connectivity index (χ3v) is 10.4. The summed E-state index contributed by atoms with van der Waals surface area (Å²) >= 11 is 0. The summed E-state index contributed by atoms with van der Waals surface area (Å²) in [5.41, 5.74) is 1.10. The monoisotopic (exact) mass is 470 g/mol. The minimum Gasteiger partial charge on any atom is -0.481 e. The van der Waals surface area contributed by atoms with Crippen LogP contribution in [0.1, 0.15) is 78.6 Å². The largest absolute Gasteiger partial charge is 0.481 e. The van der Waals surface area contributed by atoms with E-state index in [4.69, 9.17) is 13.8 Å². The topological polar surface area (TPSA) is 121 Å². The first kappa shape index (κ1) is 24.2. The molecule has 9 atom stereocenters. The minimum absolute atomic E-state index is 0.0860. The van der Waals surface area contributed by atoms with Gasteiger partial charge in [-0.1, -0.05) is 32.4 Å². The lowest BCUT2D eigenvalue weighted by atomic mass is 9.46. The molecule has 0 aliphatic heterocycles. The second-order valence-electron chi connectivity index (χ2n) is 11.4. The van der Waals surface area contributed by atoms with E-state index in [1.165, 1.54) is 0 Å². The van der Waals surface area contributed by atoms with Crippen molar-refractivity contribution in [3.05, 3.63) is 11.6 Å². The Kier molecular flexibility index (Phi) is 6.32. The molecule has 4 rings (SSSR count). The summed E-state index contributed by atoms with van der Waals surface area (Å²) in [6.07, 6.45) is 7.79. The number of carboxylic acids is 1. The molecule has 4 aliphatic rings. The van der Waals surface area contributed by atoms with Gasteiger partial charge in [0.15, 0.2) is 0 Å². The van der Waals surface area contributed by atoms with Crippen molar-refractivity contribution < 1.29 is 32.2 Å². The summed E-state index contributed by atoms with van der Waals surface area (Å²) in [6, 6.07) is 0. The van der Waals surface area contributed by atoms with Crippen LogP contribution in [0.15, 0.2) is 11.6 Å². The zero-order valence-corrected chi connectivity index (χ0v) is 20.2. The van der Waals surface area contributed by atoms with E-state index in [9.17, 15) is 18.3 Å². The van der Waals surface area contributed by atoms with Gasteiger partial charge in [-0.2, -0.15) is 8.42 Å². The summed E-state index contributed by atoms with van der Waals surface area (Å²) in [5, 5.41) is 20.4. The molecular formula is C24H38O7S. The normalized spacial score (nSPS) is 44.7. The van der Waals surface area contributed by atoms with Gasteiger partial charge in [0, 0.05) is 6.42 Å². The Hall–Kier alpha value is -0.960. The van der Waals surface area contributed by atoms with Gasteiger partial charge in [-0.3, -0.25) is 9.35 Å². The predicted octanol–water partition coefficient (Wildman–Crippen LogP) is 4.23. The second kappa shape index (κ2) is 8.36. The van der Waals surface area contributed by atoms with E-state index in [0.29, 0.717) is 42.9 Å². The molecule has 32 heavy (non-hydrogen) atoms. The van der Waals surface area contributed by atoms with Crippen LogP contribution in [-0.2, 0) is 19.4 Å². The molecule has 0 bridgehead atoms. The zero-order chi connectivity index (χ0) is 23.5. The maximum atomic E-state index is 11.3. The van der Waals surface area contributed by atoms with Crippen LogP contribution in [0.5, 0.6) is 0 Å². The van der Waals surface area contributed by atoms with Gasteiger partial charge in [-0.25, -0.2) is 4.18 Å². The number of carbonyl (C=O) groups is 1. The van der Waals surface area contributed by atoms with Gasteiger partial charge in [0.25, 0.3) is 0 Å². The Bertz CT molecular complexity index is 883. The van der Waals surface area contributed by atoms with Gasteiger partial charge in [0.1, 0.15) is 0 Å². The predicted molar refractivity (Wildman–Crippen MR) is 119 cm³/mol.